The van der Waals surface area contributed by atoms with Crippen molar-refractivity contribution in [3.63, 3.8) is 0 Å². The van der Waals surface area contributed by atoms with E-state index in [1.807, 2.05) is 47.0 Å². The van der Waals surface area contributed by atoms with Crippen LogP contribution in [0.3, 0.4) is 0 Å². The average molecular weight is 438 g/mol. The van der Waals surface area contributed by atoms with Gasteiger partial charge in [0.2, 0.25) is 5.95 Å². The van der Waals surface area contributed by atoms with Crippen molar-refractivity contribution in [2.75, 3.05) is 11.9 Å². The van der Waals surface area contributed by atoms with Gasteiger partial charge in [-0.25, -0.2) is 9.97 Å². The number of anilines is 1. The Morgan fingerprint density at radius 3 is 2.79 bits per heavy atom. The van der Waals surface area contributed by atoms with Crippen molar-refractivity contribution in [2.45, 2.75) is 6.42 Å². The predicted molar refractivity (Wildman–Crippen MR) is 123 cm³/mol. The summed E-state index contributed by atoms with van der Waals surface area (Å²) in [6.45, 7) is 0.538. The number of nitrogens with one attached hydrogen (secondary N) is 1. The molecule has 0 amide bonds. The van der Waals surface area contributed by atoms with Gasteiger partial charge in [0.05, 0.1) is 21.7 Å². The first-order chi connectivity index (χ1) is 16.2. The Bertz CT molecular complexity index is 1440. The lowest BCUT2D eigenvalue weighted by Crippen LogP contribution is -2.09. The zero-order valence-corrected chi connectivity index (χ0v) is 17.4. The topological polar surface area (TPSA) is 125 Å². The fourth-order valence-corrected chi connectivity index (χ4v) is 3.52. The first kappa shape index (κ1) is 20.2. The van der Waals surface area contributed by atoms with Crippen molar-refractivity contribution < 1.29 is 4.92 Å². The summed E-state index contributed by atoms with van der Waals surface area (Å²) in [4.78, 5) is 23.9. The van der Waals surface area contributed by atoms with E-state index in [0.717, 1.165) is 27.9 Å². The summed E-state index contributed by atoms with van der Waals surface area (Å²) in [6, 6.07) is 18.1. The van der Waals surface area contributed by atoms with E-state index in [1.54, 1.807) is 30.9 Å². The number of imidazole rings is 1. The molecule has 0 saturated heterocycles. The van der Waals surface area contributed by atoms with Gasteiger partial charge in [0.15, 0.2) is 0 Å². The lowest BCUT2D eigenvalue weighted by atomic mass is 10.1. The minimum absolute atomic E-state index is 0.0835. The summed E-state index contributed by atoms with van der Waals surface area (Å²) in [6.07, 6.45) is 5.65. The van der Waals surface area contributed by atoms with Gasteiger partial charge in [0, 0.05) is 36.6 Å². The van der Waals surface area contributed by atoms with Crippen LogP contribution < -0.4 is 5.32 Å². The predicted octanol–water partition coefficient (Wildman–Crippen LogP) is 3.84. The van der Waals surface area contributed by atoms with Crippen LogP contribution in [-0.2, 0) is 6.42 Å². The molecular formula is C23H18N8O2. The first-order valence-electron chi connectivity index (χ1n) is 10.2. The van der Waals surface area contributed by atoms with Crippen LogP contribution in [0.1, 0.15) is 5.56 Å². The molecule has 10 heteroatoms. The Morgan fingerprint density at radius 2 is 1.94 bits per heavy atom. The molecule has 0 aliphatic rings. The molecule has 33 heavy (non-hydrogen) atoms. The summed E-state index contributed by atoms with van der Waals surface area (Å²) < 4.78 is 1.89. The van der Waals surface area contributed by atoms with E-state index >= 15 is 0 Å². The number of fused-ring (bicyclic) bond motifs is 1. The number of rotatable bonds is 7. The minimum Gasteiger partial charge on any atom is -0.354 e. The highest BCUT2D eigenvalue weighted by Crippen LogP contribution is 2.23. The molecule has 0 spiro atoms. The summed E-state index contributed by atoms with van der Waals surface area (Å²) in [5.41, 5.74) is 4.40. The number of nitro groups is 1. The highest BCUT2D eigenvalue weighted by atomic mass is 16.6. The quantitative estimate of drug-likeness (QED) is 0.300. The van der Waals surface area contributed by atoms with E-state index in [0.29, 0.717) is 24.7 Å². The van der Waals surface area contributed by atoms with Crippen LogP contribution in [0.5, 0.6) is 0 Å². The van der Waals surface area contributed by atoms with E-state index < -0.39 is 4.92 Å². The lowest BCUT2D eigenvalue weighted by Gasteiger charge is -2.08. The summed E-state index contributed by atoms with van der Waals surface area (Å²) >= 11 is 0. The van der Waals surface area contributed by atoms with Crippen LogP contribution in [0, 0.1) is 10.1 Å². The van der Waals surface area contributed by atoms with Gasteiger partial charge in [-0.3, -0.25) is 14.7 Å². The van der Waals surface area contributed by atoms with Gasteiger partial charge in [-0.05, 0) is 42.3 Å². The van der Waals surface area contributed by atoms with Crippen molar-refractivity contribution in [3.05, 3.63) is 95.1 Å². The second kappa shape index (κ2) is 8.79. The van der Waals surface area contributed by atoms with Crippen LogP contribution in [0.25, 0.3) is 28.1 Å². The number of nitro benzene ring substituents is 1. The molecule has 0 radical (unpaired) electrons. The maximum Gasteiger partial charge on any atom is 0.269 e. The Balaban J connectivity index is 1.32. The molecule has 3 aromatic heterocycles. The maximum atomic E-state index is 10.9. The molecule has 0 fully saturated rings. The lowest BCUT2D eigenvalue weighted by molar-refractivity contribution is -0.384. The second-order valence-electron chi connectivity index (χ2n) is 7.27. The molecule has 0 aliphatic carbocycles. The number of benzene rings is 2. The molecule has 0 bridgehead atoms. The van der Waals surface area contributed by atoms with E-state index in [9.17, 15) is 10.1 Å². The fourth-order valence-electron chi connectivity index (χ4n) is 3.52. The molecule has 5 rings (SSSR count). The van der Waals surface area contributed by atoms with Crippen molar-refractivity contribution in [3.8, 4) is 17.1 Å². The second-order valence-corrected chi connectivity index (χ2v) is 7.27. The monoisotopic (exact) mass is 438 g/mol. The number of hydrogen-bond acceptors (Lipinski definition) is 8. The van der Waals surface area contributed by atoms with Crippen molar-refractivity contribution >= 4 is 22.7 Å². The Morgan fingerprint density at radius 1 is 1.00 bits per heavy atom. The third-order valence-corrected chi connectivity index (χ3v) is 5.12. The van der Waals surface area contributed by atoms with Crippen molar-refractivity contribution in [1.29, 1.82) is 0 Å². The van der Waals surface area contributed by atoms with Gasteiger partial charge >= 0.3 is 0 Å². The van der Waals surface area contributed by atoms with Crippen LogP contribution in [0.15, 0.2) is 79.4 Å². The Hall–Kier alpha value is -4.73. The van der Waals surface area contributed by atoms with Crippen molar-refractivity contribution in [2.24, 2.45) is 0 Å². The molecule has 0 saturated carbocycles. The molecule has 0 atom stereocenters. The van der Waals surface area contributed by atoms with Crippen LogP contribution in [-0.4, -0.2) is 41.2 Å². The zero-order chi connectivity index (χ0) is 22.6. The fraction of sp³-hybridized carbons (Fsp3) is 0.0870. The summed E-state index contributed by atoms with van der Waals surface area (Å²) in [5.74, 6) is 1.15. The normalized spacial score (nSPS) is 10.9. The number of non-ortho nitro benzene ring substituents is 1. The van der Waals surface area contributed by atoms with Crippen LogP contribution in [0.4, 0.5) is 11.6 Å². The van der Waals surface area contributed by atoms with Gasteiger partial charge in [-0.1, -0.05) is 18.2 Å². The molecule has 1 N–H and O–H groups in total. The maximum absolute atomic E-state index is 10.9. The molecular weight excluding hydrogens is 420 g/mol. The highest BCUT2D eigenvalue weighted by Gasteiger charge is 2.10. The van der Waals surface area contributed by atoms with Gasteiger partial charge in [-0.2, -0.15) is 15.2 Å². The highest BCUT2D eigenvalue weighted by molar-refractivity contribution is 5.82. The summed E-state index contributed by atoms with van der Waals surface area (Å²) in [5, 5.41) is 22.2. The Kier molecular flexibility index (Phi) is 5.38. The third kappa shape index (κ3) is 4.35. The molecule has 162 valence electrons. The van der Waals surface area contributed by atoms with E-state index in [2.05, 4.69) is 30.5 Å². The molecule has 2 aromatic carbocycles. The standard InChI is InChI=1S/C23H18N8O2/c32-31(33)18-4-1-3-16(13-18)8-11-24-23-25-12-9-22(28-23)30-15-26-20-14-17(6-7-21(20)30)19-5-2-10-27-29-19/h1-7,9-10,12-15H,8,11H2,(H,24,25,28). The number of hydrogen-bond donors (Lipinski definition) is 1. The van der Waals surface area contributed by atoms with E-state index in [1.165, 1.54) is 6.07 Å². The molecule has 0 aliphatic heterocycles. The SMILES string of the molecule is O=[N+]([O-])c1cccc(CCNc2nccc(-n3cnc4cc(-c5cccnn5)ccc43)n2)c1. The largest absolute Gasteiger partial charge is 0.354 e. The van der Waals surface area contributed by atoms with Crippen LogP contribution >= 0.6 is 0 Å². The smallest absolute Gasteiger partial charge is 0.269 e. The Labute approximate surface area is 188 Å². The summed E-state index contributed by atoms with van der Waals surface area (Å²) in [7, 11) is 0. The third-order valence-electron chi connectivity index (χ3n) is 5.12. The number of nitrogens with zero attached hydrogens (tertiary/aromatic N) is 7. The molecule has 3 heterocycles. The van der Waals surface area contributed by atoms with Gasteiger partial charge in [0.1, 0.15) is 12.1 Å². The van der Waals surface area contributed by atoms with Crippen LogP contribution in [0.2, 0.25) is 0 Å². The first-order valence-corrected chi connectivity index (χ1v) is 10.2. The molecule has 0 unspecified atom stereocenters. The van der Waals surface area contributed by atoms with Gasteiger partial charge < -0.3 is 5.32 Å². The van der Waals surface area contributed by atoms with Crippen molar-refractivity contribution in [1.82, 2.24) is 29.7 Å². The van der Waals surface area contributed by atoms with Gasteiger partial charge in [-0.15, -0.1) is 0 Å². The molecule has 10 nitrogen and oxygen atoms in total. The van der Waals surface area contributed by atoms with E-state index in [-0.39, 0.29) is 5.69 Å². The van der Waals surface area contributed by atoms with Gasteiger partial charge in [0.25, 0.3) is 5.69 Å². The number of aromatic nitrogens is 6. The average Bonchev–Trinajstić information content (AvgIpc) is 3.28. The zero-order valence-electron chi connectivity index (χ0n) is 17.4. The van der Waals surface area contributed by atoms with E-state index in [4.69, 9.17) is 0 Å². The molecule has 5 aromatic rings. The minimum atomic E-state index is -0.394.